The first-order valence-electron chi connectivity index (χ1n) is 10.1. The maximum Gasteiger partial charge on any atom is 0.0832 e. The van der Waals surface area contributed by atoms with E-state index in [-0.39, 0.29) is 22.2 Å². The summed E-state index contributed by atoms with van der Waals surface area (Å²) in [5, 5.41) is 0. The molecule has 0 spiro atoms. The molecule has 0 aromatic rings. The number of rotatable bonds is 3. The molecule has 2 nitrogen and oxygen atoms in total. The minimum Gasteiger partial charge on any atom is -0.274 e. The maximum atomic E-state index is 2.83. The SMILES string of the molecule is CC=CC(N1C(C)(C)CCCC1(C)C)N1C(C)(C)CCCC1(C)C. The summed E-state index contributed by atoms with van der Waals surface area (Å²) in [4.78, 5) is 5.66. The van der Waals surface area contributed by atoms with Gasteiger partial charge in [0.25, 0.3) is 0 Å². The van der Waals surface area contributed by atoms with Gasteiger partial charge in [0.2, 0.25) is 0 Å². The van der Waals surface area contributed by atoms with Crippen LogP contribution in [0.3, 0.4) is 0 Å². The lowest BCUT2D eigenvalue weighted by Gasteiger charge is -2.64. The van der Waals surface area contributed by atoms with Gasteiger partial charge in [0.1, 0.15) is 0 Å². The average Bonchev–Trinajstić information content (AvgIpc) is 2.34. The molecular formula is C22H42N2. The molecule has 24 heavy (non-hydrogen) atoms. The predicted octanol–water partition coefficient (Wildman–Crippen LogP) is 5.97. The molecule has 2 rings (SSSR count). The minimum absolute atomic E-state index is 0.232. The molecule has 0 atom stereocenters. The number of piperidine rings is 2. The summed E-state index contributed by atoms with van der Waals surface area (Å²) >= 11 is 0. The van der Waals surface area contributed by atoms with Crippen molar-refractivity contribution < 1.29 is 0 Å². The summed E-state index contributed by atoms with van der Waals surface area (Å²) in [7, 11) is 0. The van der Waals surface area contributed by atoms with Crippen molar-refractivity contribution in [2.75, 3.05) is 0 Å². The monoisotopic (exact) mass is 334 g/mol. The van der Waals surface area contributed by atoms with Gasteiger partial charge in [-0.2, -0.15) is 0 Å². The van der Waals surface area contributed by atoms with E-state index in [9.17, 15) is 0 Å². The van der Waals surface area contributed by atoms with Crippen LogP contribution in [0.15, 0.2) is 12.2 Å². The third-order valence-corrected chi connectivity index (χ3v) is 6.66. The van der Waals surface area contributed by atoms with Gasteiger partial charge in [-0.05, 0) is 101 Å². The fraction of sp³-hybridized carbons (Fsp3) is 0.909. The molecule has 2 aliphatic rings. The number of hydrogen-bond acceptors (Lipinski definition) is 2. The minimum atomic E-state index is 0.232. The summed E-state index contributed by atoms with van der Waals surface area (Å²) in [6.45, 7) is 21.8. The zero-order valence-electron chi connectivity index (χ0n) is 17.9. The van der Waals surface area contributed by atoms with E-state index in [0.717, 1.165) is 0 Å². The second kappa shape index (κ2) is 6.43. The average molecular weight is 335 g/mol. The molecule has 2 aliphatic heterocycles. The van der Waals surface area contributed by atoms with Gasteiger partial charge in [0, 0.05) is 22.2 Å². The van der Waals surface area contributed by atoms with Crippen LogP contribution in [0.4, 0.5) is 0 Å². The summed E-state index contributed by atoms with van der Waals surface area (Å²) in [6.07, 6.45) is 12.9. The van der Waals surface area contributed by atoms with Crippen LogP contribution in [0.2, 0.25) is 0 Å². The fourth-order valence-electron chi connectivity index (χ4n) is 5.92. The van der Waals surface area contributed by atoms with Gasteiger partial charge in [0.05, 0.1) is 6.17 Å². The van der Waals surface area contributed by atoms with Crippen LogP contribution in [0.5, 0.6) is 0 Å². The number of likely N-dealkylation sites (tertiary alicyclic amines) is 2. The summed E-state index contributed by atoms with van der Waals surface area (Å²) in [6, 6.07) is 0. The van der Waals surface area contributed by atoms with Crippen molar-refractivity contribution in [3.63, 3.8) is 0 Å². The van der Waals surface area contributed by atoms with Crippen LogP contribution < -0.4 is 0 Å². The highest BCUT2D eigenvalue weighted by molar-refractivity contribution is 5.11. The lowest BCUT2D eigenvalue weighted by molar-refractivity contribution is -0.160. The van der Waals surface area contributed by atoms with Crippen LogP contribution in [-0.2, 0) is 0 Å². The molecule has 0 N–H and O–H groups in total. The van der Waals surface area contributed by atoms with E-state index in [0.29, 0.717) is 6.17 Å². The topological polar surface area (TPSA) is 6.48 Å². The summed E-state index contributed by atoms with van der Waals surface area (Å²) in [5.74, 6) is 0. The first-order chi connectivity index (χ1) is 10.9. The zero-order valence-corrected chi connectivity index (χ0v) is 17.9. The molecule has 2 fully saturated rings. The molecule has 0 aromatic carbocycles. The number of hydrogen-bond donors (Lipinski definition) is 0. The Labute approximate surface area is 151 Å². The van der Waals surface area contributed by atoms with E-state index < -0.39 is 0 Å². The van der Waals surface area contributed by atoms with E-state index in [1.54, 1.807) is 0 Å². The Morgan fingerprint density at radius 2 is 0.917 bits per heavy atom. The van der Waals surface area contributed by atoms with Gasteiger partial charge in [-0.1, -0.05) is 12.2 Å². The number of allylic oxidation sites excluding steroid dienone is 1. The summed E-state index contributed by atoms with van der Waals surface area (Å²) in [5.41, 5.74) is 0.927. The van der Waals surface area contributed by atoms with Gasteiger partial charge in [-0.25, -0.2) is 0 Å². The molecule has 0 radical (unpaired) electrons. The normalized spacial score (nSPS) is 30.1. The Morgan fingerprint density at radius 1 is 0.625 bits per heavy atom. The lowest BCUT2D eigenvalue weighted by Crippen LogP contribution is -2.72. The van der Waals surface area contributed by atoms with Crippen molar-refractivity contribution >= 4 is 0 Å². The Hall–Kier alpha value is -0.340. The first kappa shape index (κ1) is 20.0. The molecule has 0 bridgehead atoms. The molecule has 0 aromatic heterocycles. The second-order valence-electron chi connectivity index (χ2n) is 10.6. The highest BCUT2D eigenvalue weighted by atomic mass is 15.5. The molecule has 0 amide bonds. The van der Waals surface area contributed by atoms with Crippen LogP contribution in [0.25, 0.3) is 0 Å². The Balaban J connectivity index is 2.54. The van der Waals surface area contributed by atoms with Crippen molar-refractivity contribution in [3.8, 4) is 0 Å². The standard InChI is InChI=1S/C22H42N2/c1-10-13-18(23-19(2,3)14-11-15-20(23,4)5)24-21(6,7)16-12-17-22(24,8)9/h10,13,18H,11-12,14-17H2,1-9H3. The van der Waals surface area contributed by atoms with E-state index in [2.05, 4.69) is 84.3 Å². The smallest absolute Gasteiger partial charge is 0.0832 e. The van der Waals surface area contributed by atoms with E-state index in [4.69, 9.17) is 0 Å². The molecule has 2 heteroatoms. The number of nitrogens with zero attached hydrogens (tertiary/aromatic N) is 2. The van der Waals surface area contributed by atoms with Crippen molar-refractivity contribution in [1.82, 2.24) is 9.80 Å². The van der Waals surface area contributed by atoms with E-state index in [1.807, 2.05) is 0 Å². The molecular weight excluding hydrogens is 292 g/mol. The fourth-order valence-corrected chi connectivity index (χ4v) is 5.92. The van der Waals surface area contributed by atoms with Crippen LogP contribution in [0, 0.1) is 0 Å². The maximum absolute atomic E-state index is 2.83. The molecule has 2 saturated heterocycles. The Morgan fingerprint density at radius 3 is 1.17 bits per heavy atom. The highest BCUT2D eigenvalue weighted by Gasteiger charge is 2.52. The van der Waals surface area contributed by atoms with Gasteiger partial charge in [-0.15, -0.1) is 0 Å². The predicted molar refractivity (Wildman–Crippen MR) is 106 cm³/mol. The summed E-state index contributed by atoms with van der Waals surface area (Å²) < 4.78 is 0. The van der Waals surface area contributed by atoms with Crippen molar-refractivity contribution in [1.29, 1.82) is 0 Å². The van der Waals surface area contributed by atoms with Gasteiger partial charge in [0.15, 0.2) is 0 Å². The van der Waals surface area contributed by atoms with E-state index >= 15 is 0 Å². The first-order valence-corrected chi connectivity index (χ1v) is 10.1. The zero-order chi connectivity index (χ0) is 18.4. The second-order valence-corrected chi connectivity index (χ2v) is 10.6. The molecule has 0 aliphatic carbocycles. The quantitative estimate of drug-likeness (QED) is 0.586. The van der Waals surface area contributed by atoms with Crippen LogP contribution in [-0.4, -0.2) is 38.1 Å². The molecule has 0 saturated carbocycles. The van der Waals surface area contributed by atoms with Gasteiger partial charge >= 0.3 is 0 Å². The Bertz CT molecular complexity index is 400. The van der Waals surface area contributed by atoms with Gasteiger partial charge < -0.3 is 0 Å². The third kappa shape index (κ3) is 3.60. The third-order valence-electron chi connectivity index (χ3n) is 6.66. The van der Waals surface area contributed by atoms with Crippen molar-refractivity contribution in [2.24, 2.45) is 0 Å². The lowest BCUT2D eigenvalue weighted by atomic mass is 9.76. The Kier molecular flexibility index (Phi) is 5.35. The van der Waals surface area contributed by atoms with E-state index in [1.165, 1.54) is 38.5 Å². The van der Waals surface area contributed by atoms with Crippen LogP contribution in [0.1, 0.15) is 101 Å². The molecule has 2 heterocycles. The van der Waals surface area contributed by atoms with Crippen LogP contribution >= 0.6 is 0 Å². The largest absolute Gasteiger partial charge is 0.274 e. The van der Waals surface area contributed by atoms with Gasteiger partial charge in [-0.3, -0.25) is 9.80 Å². The molecule has 140 valence electrons. The highest BCUT2D eigenvalue weighted by Crippen LogP contribution is 2.46. The van der Waals surface area contributed by atoms with Crippen molar-refractivity contribution in [3.05, 3.63) is 12.2 Å². The molecule has 0 unspecified atom stereocenters. The van der Waals surface area contributed by atoms with Crippen molar-refractivity contribution in [2.45, 2.75) is 129 Å².